The quantitative estimate of drug-likeness (QED) is 0.204. The van der Waals surface area contributed by atoms with Crippen LogP contribution in [0, 0.1) is 0 Å². The Balaban J connectivity index is 1.39. The highest BCUT2D eigenvalue weighted by molar-refractivity contribution is 6.40. The first kappa shape index (κ1) is 24.2. The fourth-order valence-electron chi connectivity index (χ4n) is 3.54. The van der Waals surface area contributed by atoms with Crippen LogP contribution >= 0.6 is 0 Å². The molecule has 4 aromatic carbocycles. The minimum absolute atomic E-state index is 0.194. The molecule has 0 aliphatic rings. The molecule has 180 valence electrons. The summed E-state index contributed by atoms with van der Waals surface area (Å²) in [5.41, 5.74) is 3.98. The maximum absolute atomic E-state index is 12.8. The van der Waals surface area contributed by atoms with Gasteiger partial charge in [-0.05, 0) is 54.1 Å². The van der Waals surface area contributed by atoms with E-state index in [9.17, 15) is 14.4 Å². The fourth-order valence-corrected chi connectivity index (χ4v) is 3.54. The van der Waals surface area contributed by atoms with Crippen LogP contribution in [0.2, 0.25) is 0 Å². The molecule has 0 aromatic heterocycles. The van der Waals surface area contributed by atoms with Gasteiger partial charge >= 0.3 is 11.8 Å². The Labute approximate surface area is 208 Å². The van der Waals surface area contributed by atoms with Crippen LogP contribution in [0.3, 0.4) is 0 Å². The molecule has 0 fully saturated rings. The number of fused-ring (bicyclic) bond motifs is 1. The second-order valence-corrected chi connectivity index (χ2v) is 7.68. The molecule has 8 heteroatoms. The summed E-state index contributed by atoms with van der Waals surface area (Å²) in [6, 6.07) is 26.8. The highest BCUT2D eigenvalue weighted by atomic mass is 16.5. The van der Waals surface area contributed by atoms with Crippen LogP contribution in [0.15, 0.2) is 96.1 Å². The Morgan fingerprint density at radius 3 is 2.33 bits per heavy atom. The molecular formula is C28H24N4O4. The van der Waals surface area contributed by atoms with Gasteiger partial charge in [-0.2, -0.15) is 5.10 Å². The number of carbonyl (C=O) groups excluding carboxylic acids is 3. The maximum Gasteiger partial charge on any atom is 0.329 e. The molecule has 0 heterocycles. The predicted octanol–water partition coefficient (Wildman–Crippen LogP) is 4.58. The summed E-state index contributed by atoms with van der Waals surface area (Å²) in [4.78, 5) is 37.6. The average Bonchev–Trinajstić information content (AvgIpc) is 2.90. The number of benzene rings is 4. The first-order chi connectivity index (χ1) is 17.5. The van der Waals surface area contributed by atoms with Gasteiger partial charge in [-0.25, -0.2) is 5.43 Å². The van der Waals surface area contributed by atoms with E-state index in [4.69, 9.17) is 4.74 Å². The monoisotopic (exact) mass is 480 g/mol. The maximum atomic E-state index is 12.8. The van der Waals surface area contributed by atoms with Gasteiger partial charge in [0, 0.05) is 11.3 Å². The highest BCUT2D eigenvalue weighted by Gasteiger charge is 2.18. The number of anilines is 2. The van der Waals surface area contributed by atoms with Crippen LogP contribution in [0.5, 0.6) is 5.75 Å². The Kier molecular flexibility index (Phi) is 7.67. The second kappa shape index (κ2) is 11.4. The van der Waals surface area contributed by atoms with Gasteiger partial charge in [0.2, 0.25) is 0 Å². The van der Waals surface area contributed by atoms with Gasteiger partial charge in [0.05, 0.1) is 24.1 Å². The molecule has 0 aliphatic heterocycles. The van der Waals surface area contributed by atoms with E-state index in [1.807, 2.05) is 49.4 Å². The number of nitrogens with one attached hydrogen (secondary N) is 3. The van der Waals surface area contributed by atoms with Gasteiger partial charge in [-0.3, -0.25) is 14.4 Å². The van der Waals surface area contributed by atoms with Crippen molar-refractivity contribution < 1.29 is 19.1 Å². The van der Waals surface area contributed by atoms with Crippen molar-refractivity contribution in [2.75, 3.05) is 17.2 Å². The van der Waals surface area contributed by atoms with Gasteiger partial charge in [0.25, 0.3) is 5.91 Å². The zero-order chi connectivity index (χ0) is 25.3. The van der Waals surface area contributed by atoms with E-state index >= 15 is 0 Å². The van der Waals surface area contributed by atoms with Crippen LogP contribution < -0.4 is 20.8 Å². The van der Waals surface area contributed by atoms with E-state index in [2.05, 4.69) is 21.2 Å². The number of amides is 3. The lowest BCUT2D eigenvalue weighted by atomic mass is 10.1. The molecule has 36 heavy (non-hydrogen) atoms. The van der Waals surface area contributed by atoms with Crippen molar-refractivity contribution in [1.29, 1.82) is 0 Å². The molecule has 0 radical (unpaired) electrons. The van der Waals surface area contributed by atoms with Crippen molar-refractivity contribution in [1.82, 2.24) is 5.43 Å². The number of nitrogens with zero attached hydrogens (tertiary/aromatic N) is 1. The standard InChI is InChI=1S/C28H24N4O4/c1-2-36-22-16-14-21(15-17-22)30-26(33)24-12-5-6-13-25(24)31-27(34)28(35)32-29-18-20-10-7-9-19-8-3-4-11-23(19)20/h3-18H,2H2,1H3,(H,30,33)(H,31,34)(H,32,35). The van der Waals surface area contributed by atoms with E-state index in [1.54, 1.807) is 42.5 Å². The number of carbonyl (C=O) groups is 3. The molecule has 3 N–H and O–H groups in total. The summed E-state index contributed by atoms with van der Waals surface area (Å²) in [6.45, 7) is 2.43. The van der Waals surface area contributed by atoms with Crippen molar-refractivity contribution in [2.24, 2.45) is 5.10 Å². The third-order valence-corrected chi connectivity index (χ3v) is 5.24. The fraction of sp³-hybridized carbons (Fsp3) is 0.0714. The molecule has 3 amide bonds. The van der Waals surface area contributed by atoms with Gasteiger partial charge < -0.3 is 15.4 Å². The molecule has 0 unspecified atom stereocenters. The number of para-hydroxylation sites is 1. The zero-order valence-corrected chi connectivity index (χ0v) is 19.5. The van der Waals surface area contributed by atoms with Crippen LogP contribution in [0.4, 0.5) is 11.4 Å². The Morgan fingerprint density at radius 2 is 1.53 bits per heavy atom. The lowest BCUT2D eigenvalue weighted by Gasteiger charge is -2.11. The van der Waals surface area contributed by atoms with E-state index in [1.165, 1.54) is 12.3 Å². The topological polar surface area (TPSA) is 109 Å². The van der Waals surface area contributed by atoms with Gasteiger partial charge in [0.15, 0.2) is 0 Å². The zero-order valence-electron chi connectivity index (χ0n) is 19.5. The SMILES string of the molecule is CCOc1ccc(NC(=O)c2ccccc2NC(=O)C(=O)NN=Cc2cccc3ccccc23)cc1. The van der Waals surface area contributed by atoms with Crippen molar-refractivity contribution in [3.05, 3.63) is 102 Å². The third-order valence-electron chi connectivity index (χ3n) is 5.24. The molecule has 8 nitrogen and oxygen atoms in total. The molecule has 0 bridgehead atoms. The van der Waals surface area contributed by atoms with Crippen molar-refractivity contribution in [3.8, 4) is 5.75 Å². The number of rotatable bonds is 7. The molecule has 0 aliphatic carbocycles. The minimum atomic E-state index is -0.965. The Hall–Kier alpha value is -4.98. The van der Waals surface area contributed by atoms with Crippen LogP contribution in [0.1, 0.15) is 22.8 Å². The average molecular weight is 481 g/mol. The number of hydrazone groups is 1. The summed E-state index contributed by atoms with van der Waals surface area (Å²) in [7, 11) is 0. The largest absolute Gasteiger partial charge is 0.494 e. The number of ether oxygens (including phenoxy) is 1. The van der Waals surface area contributed by atoms with Crippen molar-refractivity contribution in [3.63, 3.8) is 0 Å². The molecule has 0 atom stereocenters. The summed E-state index contributed by atoms with van der Waals surface area (Å²) in [5, 5.41) is 11.2. The third kappa shape index (κ3) is 5.92. The molecule has 4 aromatic rings. The number of hydrogen-bond donors (Lipinski definition) is 3. The Morgan fingerprint density at radius 1 is 0.806 bits per heavy atom. The lowest BCUT2D eigenvalue weighted by molar-refractivity contribution is -0.136. The van der Waals surface area contributed by atoms with E-state index < -0.39 is 17.7 Å². The summed E-state index contributed by atoms with van der Waals surface area (Å²) < 4.78 is 5.40. The lowest BCUT2D eigenvalue weighted by Crippen LogP contribution is -2.33. The van der Waals surface area contributed by atoms with Crippen LogP contribution in [0.25, 0.3) is 10.8 Å². The molecular weight excluding hydrogens is 456 g/mol. The van der Waals surface area contributed by atoms with Crippen LogP contribution in [-0.4, -0.2) is 30.5 Å². The summed E-state index contributed by atoms with van der Waals surface area (Å²) >= 11 is 0. The predicted molar refractivity (Wildman–Crippen MR) is 140 cm³/mol. The first-order valence-electron chi connectivity index (χ1n) is 11.3. The van der Waals surface area contributed by atoms with Crippen LogP contribution in [-0.2, 0) is 9.59 Å². The van der Waals surface area contributed by atoms with Crippen molar-refractivity contribution in [2.45, 2.75) is 6.92 Å². The molecule has 0 saturated heterocycles. The van der Waals surface area contributed by atoms with E-state index in [-0.39, 0.29) is 11.3 Å². The van der Waals surface area contributed by atoms with Gasteiger partial charge in [-0.15, -0.1) is 0 Å². The smallest absolute Gasteiger partial charge is 0.329 e. The van der Waals surface area contributed by atoms with Crippen molar-refractivity contribution >= 4 is 46.1 Å². The van der Waals surface area contributed by atoms with Gasteiger partial charge in [0.1, 0.15) is 5.75 Å². The first-order valence-corrected chi connectivity index (χ1v) is 11.3. The molecule has 4 rings (SSSR count). The van der Waals surface area contributed by atoms with E-state index in [0.29, 0.717) is 18.0 Å². The summed E-state index contributed by atoms with van der Waals surface area (Å²) in [6.07, 6.45) is 1.48. The normalized spacial score (nSPS) is 10.7. The van der Waals surface area contributed by atoms with Gasteiger partial charge in [-0.1, -0.05) is 54.6 Å². The molecule has 0 saturated carbocycles. The molecule has 0 spiro atoms. The second-order valence-electron chi connectivity index (χ2n) is 7.68. The minimum Gasteiger partial charge on any atom is -0.494 e. The summed E-state index contributed by atoms with van der Waals surface area (Å²) in [5.74, 6) is -1.67. The Bertz CT molecular complexity index is 1430. The van der Waals surface area contributed by atoms with E-state index in [0.717, 1.165) is 16.3 Å². The number of hydrogen-bond acceptors (Lipinski definition) is 5. The highest BCUT2D eigenvalue weighted by Crippen LogP contribution is 2.20.